The third kappa shape index (κ3) is 19.8. The van der Waals surface area contributed by atoms with Crippen molar-refractivity contribution in [2.45, 2.75) is 224 Å². The predicted octanol–water partition coefficient (Wildman–Crippen LogP) is -16.2. The van der Waals surface area contributed by atoms with Gasteiger partial charge in [0.2, 0.25) is 17.7 Å². The van der Waals surface area contributed by atoms with Crippen molar-refractivity contribution in [1.29, 1.82) is 0 Å². The molecule has 0 aromatic heterocycles. The van der Waals surface area contributed by atoms with Crippen LogP contribution in [0.4, 0.5) is 0 Å². The smallest absolute Gasteiger partial charge is 0.547 e. The number of hydrogen-bond acceptors (Lipinski definition) is 34. The van der Waals surface area contributed by atoms with E-state index < -0.39 is 239 Å². The van der Waals surface area contributed by atoms with Crippen molar-refractivity contribution in [2.24, 2.45) is 5.73 Å². The Morgan fingerprint density at radius 2 is 0.849 bits per heavy atom. The number of nitrogens with two attached hydrogens (primary N) is 1. The van der Waals surface area contributed by atoms with Crippen LogP contribution < -0.4 is 72.3 Å². The van der Waals surface area contributed by atoms with Gasteiger partial charge < -0.3 is 166 Å². The molecule has 0 saturated carbocycles. The van der Waals surface area contributed by atoms with Gasteiger partial charge in [0.1, 0.15) is 128 Å². The van der Waals surface area contributed by atoms with Gasteiger partial charge >= 0.3 is 29.6 Å². The summed E-state index contributed by atoms with van der Waals surface area (Å²) in [6, 6.07) is -5.02. The van der Waals surface area contributed by atoms with E-state index in [1.165, 1.54) is 6.92 Å². The largest absolute Gasteiger partial charge is 1.00 e. The molecule has 6 heterocycles. The van der Waals surface area contributed by atoms with Gasteiger partial charge in [-0.3, -0.25) is 24.0 Å². The SMILES string of the molecule is C=C(CCCS)NCCNC(=O)C1OC(OC2C(O)C(CO)OC(OC3C(C(=O)NCCN)OC(OC4C(O)C(CO)OC(OC5C(C(=O)[O-])OC(OC6C(O)C(CO)OC(C)C6NC(C)=O)C(O)C5O)C4NC(C)=O)C(O)C3O)C2NC(C)=O)C(O)C(O)C1OC.[Na+]. The first-order valence-corrected chi connectivity index (χ1v) is 30.2. The molecule has 5 amide bonds. The average Bonchev–Trinajstić information content (AvgIpc) is 0.786. The fourth-order valence-corrected chi connectivity index (χ4v) is 11.5. The molecule has 20 N–H and O–H groups in total. The Labute approximate surface area is 560 Å². The van der Waals surface area contributed by atoms with Crippen LogP contribution >= 0.6 is 12.6 Å². The zero-order valence-electron chi connectivity index (χ0n) is 51.7. The number of nitrogens with one attached hydrogen (secondary N) is 6. The van der Waals surface area contributed by atoms with Crippen LogP contribution in [-0.4, -0.2) is 340 Å². The first-order valence-electron chi connectivity index (χ1n) is 29.6. The van der Waals surface area contributed by atoms with Crippen LogP contribution in [0.15, 0.2) is 12.3 Å². The number of hydrogen-bond donors (Lipinski definition) is 20. The van der Waals surface area contributed by atoms with Crippen LogP contribution in [0.5, 0.6) is 0 Å². The maximum absolute atomic E-state index is 14.2. The van der Waals surface area contributed by atoms with Crippen molar-refractivity contribution >= 4 is 48.1 Å². The molecule has 30 unspecified atom stereocenters. The third-order valence-corrected chi connectivity index (χ3v) is 16.3. The van der Waals surface area contributed by atoms with E-state index in [4.69, 9.17) is 62.6 Å². The molecular weight excluding hydrogens is 1290 g/mol. The molecule has 0 aliphatic carbocycles. The van der Waals surface area contributed by atoms with Crippen molar-refractivity contribution in [3.8, 4) is 0 Å². The molecule has 0 bridgehead atoms. The second-order valence-electron chi connectivity index (χ2n) is 22.6. The van der Waals surface area contributed by atoms with Gasteiger partial charge in [-0.05, 0) is 25.5 Å². The quantitative estimate of drug-likeness (QED) is 0.0188. The van der Waals surface area contributed by atoms with Gasteiger partial charge in [-0.2, -0.15) is 12.6 Å². The summed E-state index contributed by atoms with van der Waals surface area (Å²) in [6.45, 7) is 5.18. The monoisotopic (exact) mass is 1370 g/mol. The predicted molar refractivity (Wildman–Crippen MR) is 301 cm³/mol. The minimum atomic E-state index is -2.46. The molecule has 38 nitrogen and oxygen atoms in total. The van der Waals surface area contributed by atoms with Crippen LogP contribution in [0.25, 0.3) is 0 Å². The fourth-order valence-electron chi connectivity index (χ4n) is 11.4. The summed E-state index contributed by atoms with van der Waals surface area (Å²) in [5, 5.41) is 163. The van der Waals surface area contributed by atoms with Crippen molar-refractivity contribution in [2.75, 3.05) is 58.9 Å². The number of thiol groups is 1. The average molecular weight is 1370 g/mol. The molecule has 0 spiro atoms. The Balaban J connectivity index is 0.0000157. The Kier molecular flexibility index (Phi) is 32.0. The summed E-state index contributed by atoms with van der Waals surface area (Å²) < 4.78 is 70.0. The molecule has 0 aromatic rings. The number of carboxylic acids is 1. The van der Waals surface area contributed by atoms with Crippen LogP contribution in [0.1, 0.15) is 40.5 Å². The Bertz CT molecular complexity index is 2450. The zero-order chi connectivity index (χ0) is 68.2. The number of ether oxygens (including phenoxy) is 12. The number of amides is 5. The van der Waals surface area contributed by atoms with Crippen molar-refractivity contribution in [3.63, 3.8) is 0 Å². The number of aliphatic hydroxyl groups is 12. The summed E-state index contributed by atoms with van der Waals surface area (Å²) in [4.78, 5) is 78.7. The van der Waals surface area contributed by atoms with Gasteiger partial charge in [-0.1, -0.05) is 6.58 Å². The first kappa shape index (κ1) is 80.4. The molecule has 0 radical (unpaired) electrons. The van der Waals surface area contributed by atoms with Gasteiger partial charge in [0, 0.05) is 59.8 Å². The molecule has 6 aliphatic rings. The minimum Gasteiger partial charge on any atom is -0.547 e. The molecule has 6 rings (SSSR count). The molecule has 40 heteroatoms. The van der Waals surface area contributed by atoms with E-state index in [2.05, 4.69) is 51.1 Å². The van der Waals surface area contributed by atoms with Crippen LogP contribution in [0.2, 0.25) is 0 Å². The number of allylic oxidation sites excluding steroid dienone is 1. The number of aliphatic carboxylic acids is 1. The van der Waals surface area contributed by atoms with Crippen LogP contribution in [-0.2, 0) is 85.6 Å². The van der Waals surface area contributed by atoms with E-state index in [9.17, 15) is 95.2 Å². The Hall–Kier alpha value is -3.29. The summed E-state index contributed by atoms with van der Waals surface area (Å²) in [5.41, 5.74) is 6.36. The summed E-state index contributed by atoms with van der Waals surface area (Å²) in [6.07, 6.45) is -52.8. The van der Waals surface area contributed by atoms with Crippen molar-refractivity contribution in [1.82, 2.24) is 31.9 Å². The summed E-state index contributed by atoms with van der Waals surface area (Å²) >= 11 is 4.18. The number of carbonyl (C=O) groups excluding carboxylic acids is 6. The number of rotatable bonds is 29. The van der Waals surface area contributed by atoms with E-state index in [0.29, 0.717) is 17.9 Å². The molecule has 6 aliphatic heterocycles. The van der Waals surface area contributed by atoms with Crippen LogP contribution in [0.3, 0.4) is 0 Å². The number of aliphatic hydroxyl groups excluding tert-OH is 12. The normalized spacial score (nSPS) is 41.1. The van der Waals surface area contributed by atoms with Gasteiger partial charge in [0.25, 0.3) is 11.8 Å². The second-order valence-corrected chi connectivity index (χ2v) is 23.1. The van der Waals surface area contributed by atoms with E-state index in [-0.39, 0.29) is 55.7 Å². The number of carbonyl (C=O) groups is 6. The van der Waals surface area contributed by atoms with E-state index in [1.54, 1.807) is 0 Å². The van der Waals surface area contributed by atoms with E-state index >= 15 is 0 Å². The topological polar surface area (TPSA) is 577 Å². The van der Waals surface area contributed by atoms with Crippen molar-refractivity contribution in [3.05, 3.63) is 12.3 Å². The minimum absolute atomic E-state index is 0. The molecular formula is C53H88N7NaO31S. The summed E-state index contributed by atoms with van der Waals surface area (Å²) in [7, 11) is 1.12. The van der Waals surface area contributed by atoms with Gasteiger partial charge in [0.15, 0.2) is 43.7 Å². The molecule has 0 aromatic carbocycles. The Morgan fingerprint density at radius 3 is 1.25 bits per heavy atom. The molecule has 93 heavy (non-hydrogen) atoms. The maximum atomic E-state index is 14.2. The van der Waals surface area contributed by atoms with E-state index in [1.807, 2.05) is 0 Å². The van der Waals surface area contributed by atoms with Crippen molar-refractivity contribution < 1.29 is 182 Å². The third-order valence-electron chi connectivity index (χ3n) is 16.0. The molecule has 6 fully saturated rings. The fraction of sp³-hybridized carbons (Fsp3) is 0.849. The van der Waals surface area contributed by atoms with Gasteiger partial charge in [-0.25, -0.2) is 0 Å². The second kappa shape index (κ2) is 37.1. The van der Waals surface area contributed by atoms with Crippen LogP contribution in [0, 0.1) is 0 Å². The zero-order valence-corrected chi connectivity index (χ0v) is 54.6. The first-order chi connectivity index (χ1) is 43.6. The maximum Gasteiger partial charge on any atom is 1.00 e. The molecule has 30 atom stereocenters. The Morgan fingerprint density at radius 1 is 0.495 bits per heavy atom. The van der Waals surface area contributed by atoms with E-state index in [0.717, 1.165) is 34.3 Å². The van der Waals surface area contributed by atoms with Gasteiger partial charge in [-0.15, -0.1) is 0 Å². The molecule has 6 saturated heterocycles. The number of carboxylic acid groups (broad SMARTS) is 1. The standard InChI is InChI=1S/C53H89N7O31S.Na/c1-17(8-7-13-92)55-11-12-57-46(76)43-40(80-6)31(70)34(73)51(89-43)85-38-26(59-20(4)65)49(82-23(15-62)29(38)68)87-41-32(71)35(74)52(90-44(41)47(77)56-10-9-54)86-39-27(60-21(5)66)50(83-24(16-63)30(39)69)88-42-33(72)36(75)53(91-45(42)48(78)79)84-37-25(58-19(3)64)18(2)81-22(14-61)28(37)67;/h18,22-45,49-53,55,61-63,67-75,92H,1,7-16,54H2,2-6H3,(H,56,77)(H,57,76)(H,58,64)(H,59,65)(H,60,66)(H,78,79);/q;+1/p-1. The summed E-state index contributed by atoms with van der Waals surface area (Å²) in [5.74, 6) is -6.02. The van der Waals surface area contributed by atoms with Gasteiger partial charge in [0.05, 0.1) is 37.9 Å². The molecule has 528 valence electrons. The number of methoxy groups -OCH3 is 1.